The van der Waals surface area contributed by atoms with Crippen LogP contribution in [-0.2, 0) is 16.5 Å². The average molecular weight is 411 g/mol. The first-order valence-corrected chi connectivity index (χ1v) is 11.5. The van der Waals surface area contributed by atoms with E-state index in [0.29, 0.717) is 5.92 Å². The summed E-state index contributed by atoms with van der Waals surface area (Å²) in [5, 5.41) is 3.38. The molecule has 0 saturated heterocycles. The fourth-order valence-corrected chi connectivity index (χ4v) is 3.39. The zero-order valence-corrected chi connectivity index (χ0v) is 20.3. The molecule has 2 aliphatic carbocycles. The maximum Gasteiger partial charge on any atom is 0.0608 e. The van der Waals surface area contributed by atoms with Crippen molar-refractivity contribution in [3.8, 4) is 0 Å². The van der Waals surface area contributed by atoms with E-state index in [4.69, 9.17) is 5.73 Å². The van der Waals surface area contributed by atoms with Crippen LogP contribution in [0, 0.1) is 0 Å². The van der Waals surface area contributed by atoms with Crippen molar-refractivity contribution in [3.05, 3.63) is 59.2 Å². The molecule has 2 fully saturated rings. The summed E-state index contributed by atoms with van der Waals surface area (Å²) in [6, 6.07) is 8.59. The Morgan fingerprint density at radius 3 is 1.97 bits per heavy atom. The first-order valence-electron chi connectivity index (χ1n) is 11.5. The molecule has 4 rings (SSSR count). The van der Waals surface area contributed by atoms with Crippen LogP contribution < -0.4 is 11.1 Å². The number of nitrogens with two attached hydrogens (primary N) is 1. The van der Waals surface area contributed by atoms with Gasteiger partial charge in [-0.2, -0.15) is 0 Å². The van der Waals surface area contributed by atoms with Gasteiger partial charge in [0.15, 0.2) is 0 Å². The quantitative estimate of drug-likeness (QED) is 0.672. The van der Waals surface area contributed by atoms with Crippen LogP contribution in [0.25, 0.3) is 0 Å². The fourth-order valence-electron chi connectivity index (χ4n) is 3.39. The molecule has 30 heavy (non-hydrogen) atoms. The zero-order valence-electron chi connectivity index (χ0n) is 20.3. The van der Waals surface area contributed by atoms with Crippen LogP contribution in [0.5, 0.6) is 0 Å². The SMILES string of the molecule is CC.CC(C)c1ccnc(C2(N)CC2)c1.CNC1(c2cc(C(C)(C)C)ccn2)CC1. The summed E-state index contributed by atoms with van der Waals surface area (Å²) in [4.78, 5) is 8.83. The summed E-state index contributed by atoms with van der Waals surface area (Å²) in [6.45, 7) is 15.1. The molecule has 4 nitrogen and oxygen atoms in total. The van der Waals surface area contributed by atoms with E-state index < -0.39 is 0 Å². The summed E-state index contributed by atoms with van der Waals surface area (Å²) in [5.41, 5.74) is 11.4. The number of aromatic nitrogens is 2. The smallest absolute Gasteiger partial charge is 0.0608 e. The third kappa shape index (κ3) is 5.89. The Morgan fingerprint density at radius 1 is 0.933 bits per heavy atom. The molecule has 2 aromatic heterocycles. The maximum absolute atomic E-state index is 6.07. The zero-order chi connectivity index (χ0) is 22.6. The van der Waals surface area contributed by atoms with Crippen molar-refractivity contribution in [1.29, 1.82) is 0 Å². The first kappa shape index (κ1) is 24.5. The molecule has 0 aliphatic heterocycles. The summed E-state index contributed by atoms with van der Waals surface area (Å²) < 4.78 is 0. The van der Waals surface area contributed by atoms with E-state index in [1.807, 2.05) is 33.3 Å². The Morgan fingerprint density at radius 2 is 1.50 bits per heavy atom. The third-order valence-corrected chi connectivity index (χ3v) is 6.09. The predicted octanol–water partition coefficient (Wildman–Crippen LogP) is 5.77. The van der Waals surface area contributed by atoms with Gasteiger partial charge in [0.2, 0.25) is 0 Å². The normalized spacial score (nSPS) is 17.9. The number of pyridine rings is 2. The van der Waals surface area contributed by atoms with Gasteiger partial charge in [-0.1, -0.05) is 48.5 Å². The number of hydrogen-bond donors (Lipinski definition) is 2. The van der Waals surface area contributed by atoms with Gasteiger partial charge in [0.05, 0.1) is 22.5 Å². The highest BCUT2D eigenvalue weighted by atomic mass is 15.0. The molecule has 3 N–H and O–H groups in total. The van der Waals surface area contributed by atoms with Crippen molar-refractivity contribution in [1.82, 2.24) is 15.3 Å². The number of nitrogens with zero attached hydrogens (tertiary/aromatic N) is 2. The molecular formula is C26H42N4. The van der Waals surface area contributed by atoms with Gasteiger partial charge < -0.3 is 11.1 Å². The summed E-state index contributed by atoms with van der Waals surface area (Å²) >= 11 is 0. The molecule has 0 atom stereocenters. The molecule has 0 radical (unpaired) electrons. The van der Waals surface area contributed by atoms with Gasteiger partial charge in [-0.15, -0.1) is 0 Å². The Kier molecular flexibility index (Phi) is 7.81. The molecule has 2 aliphatic rings. The number of hydrogen-bond acceptors (Lipinski definition) is 4. The van der Waals surface area contributed by atoms with Gasteiger partial charge in [0.1, 0.15) is 0 Å². The van der Waals surface area contributed by atoms with Crippen LogP contribution in [0.2, 0.25) is 0 Å². The molecule has 0 unspecified atom stereocenters. The van der Waals surface area contributed by atoms with Gasteiger partial charge in [0.25, 0.3) is 0 Å². The Labute approximate surface area is 184 Å². The predicted molar refractivity (Wildman–Crippen MR) is 128 cm³/mol. The van der Waals surface area contributed by atoms with Crippen molar-refractivity contribution in [3.63, 3.8) is 0 Å². The fraction of sp³-hybridized carbons (Fsp3) is 0.615. The van der Waals surface area contributed by atoms with Crippen LogP contribution in [0.3, 0.4) is 0 Å². The molecule has 4 heteroatoms. The third-order valence-electron chi connectivity index (χ3n) is 6.09. The lowest BCUT2D eigenvalue weighted by Crippen LogP contribution is -2.26. The molecule has 2 heterocycles. The lowest BCUT2D eigenvalue weighted by Gasteiger charge is -2.21. The summed E-state index contributed by atoms with van der Waals surface area (Å²) in [6.07, 6.45) is 8.40. The Bertz CT molecular complexity index is 812. The number of rotatable bonds is 4. The van der Waals surface area contributed by atoms with Crippen LogP contribution in [0.15, 0.2) is 36.7 Å². The highest BCUT2D eigenvalue weighted by Gasteiger charge is 2.44. The molecule has 0 amide bonds. The van der Waals surface area contributed by atoms with E-state index in [-0.39, 0.29) is 16.5 Å². The van der Waals surface area contributed by atoms with E-state index >= 15 is 0 Å². The lowest BCUT2D eigenvalue weighted by atomic mass is 9.87. The molecular weight excluding hydrogens is 368 g/mol. The second kappa shape index (κ2) is 9.57. The van der Waals surface area contributed by atoms with Gasteiger partial charge >= 0.3 is 0 Å². The van der Waals surface area contributed by atoms with Crippen LogP contribution in [0.4, 0.5) is 0 Å². The van der Waals surface area contributed by atoms with Gasteiger partial charge in [-0.25, -0.2) is 0 Å². The number of nitrogens with one attached hydrogen (secondary N) is 1. The van der Waals surface area contributed by atoms with Crippen molar-refractivity contribution in [2.75, 3.05) is 7.05 Å². The minimum Gasteiger partial charge on any atom is -0.320 e. The van der Waals surface area contributed by atoms with Gasteiger partial charge in [0, 0.05) is 12.4 Å². The van der Waals surface area contributed by atoms with E-state index in [9.17, 15) is 0 Å². The van der Waals surface area contributed by atoms with Gasteiger partial charge in [-0.05, 0) is 79.5 Å². The average Bonchev–Trinajstić information content (AvgIpc) is 3.67. The van der Waals surface area contributed by atoms with Crippen LogP contribution in [-0.4, -0.2) is 17.0 Å². The lowest BCUT2D eigenvalue weighted by molar-refractivity contribution is 0.553. The molecule has 0 spiro atoms. The highest BCUT2D eigenvalue weighted by Crippen LogP contribution is 2.44. The highest BCUT2D eigenvalue weighted by molar-refractivity contribution is 5.31. The van der Waals surface area contributed by atoms with Crippen LogP contribution >= 0.6 is 0 Å². The van der Waals surface area contributed by atoms with Crippen molar-refractivity contribution in [2.45, 2.75) is 96.6 Å². The second-order valence-corrected chi connectivity index (χ2v) is 9.80. The molecule has 166 valence electrons. The van der Waals surface area contributed by atoms with Crippen molar-refractivity contribution < 1.29 is 0 Å². The minimum absolute atomic E-state index is 0.0924. The standard InChI is InChI=1S/C13H20N2.C11H16N2.C2H6/c1-12(2,3)10-5-8-15-11(9-10)13(14-4)6-7-13;1-8(2)9-3-6-13-10(7-9)11(12)4-5-11;1-2/h5,8-9,14H,6-7H2,1-4H3;3,6-8H,4-5,12H2,1-2H3;1-2H3. The van der Waals surface area contributed by atoms with E-state index in [1.165, 1.54) is 29.7 Å². The maximum atomic E-state index is 6.07. The summed E-state index contributed by atoms with van der Waals surface area (Å²) in [7, 11) is 2.03. The molecule has 0 bridgehead atoms. The molecule has 2 aromatic rings. The first-order chi connectivity index (χ1) is 14.1. The van der Waals surface area contributed by atoms with E-state index in [1.54, 1.807) is 0 Å². The Hall–Kier alpha value is -1.78. The topological polar surface area (TPSA) is 63.8 Å². The van der Waals surface area contributed by atoms with Crippen LogP contribution in [0.1, 0.15) is 103 Å². The van der Waals surface area contributed by atoms with E-state index in [2.05, 4.69) is 74.2 Å². The second-order valence-electron chi connectivity index (χ2n) is 9.80. The van der Waals surface area contributed by atoms with Gasteiger partial charge in [-0.3, -0.25) is 9.97 Å². The van der Waals surface area contributed by atoms with Crippen molar-refractivity contribution >= 4 is 0 Å². The summed E-state index contributed by atoms with van der Waals surface area (Å²) in [5.74, 6) is 0.559. The largest absolute Gasteiger partial charge is 0.320 e. The van der Waals surface area contributed by atoms with E-state index in [0.717, 1.165) is 18.5 Å². The monoisotopic (exact) mass is 410 g/mol. The molecule has 2 saturated carbocycles. The Balaban J connectivity index is 0.000000199. The minimum atomic E-state index is -0.0924. The molecule has 0 aromatic carbocycles. The van der Waals surface area contributed by atoms with Crippen molar-refractivity contribution in [2.24, 2.45) is 5.73 Å².